The molecule has 2 unspecified atom stereocenters. The third-order valence-electron chi connectivity index (χ3n) is 6.61. The zero-order valence-electron chi connectivity index (χ0n) is 21.4. The summed E-state index contributed by atoms with van der Waals surface area (Å²) in [6.45, 7) is 3.61. The fourth-order valence-electron chi connectivity index (χ4n) is 4.79. The van der Waals surface area contributed by atoms with Crippen LogP contribution in [0.3, 0.4) is 0 Å². The molecule has 12 nitrogen and oxygen atoms in total. The lowest BCUT2D eigenvalue weighted by Crippen LogP contribution is -2.55. The number of amides is 2. The molecule has 214 valence electrons. The Bertz CT molecular complexity index is 1450. The molecule has 4 heterocycles. The Kier molecular flexibility index (Phi) is 9.18. The number of rotatable bonds is 10. The van der Waals surface area contributed by atoms with Gasteiger partial charge in [0.1, 0.15) is 16.6 Å². The molecule has 2 aliphatic rings. The highest BCUT2D eigenvalue weighted by molar-refractivity contribution is 7.92. The second-order valence-corrected chi connectivity index (χ2v) is 14.5. The van der Waals surface area contributed by atoms with E-state index in [1.165, 1.54) is 36.2 Å². The summed E-state index contributed by atoms with van der Waals surface area (Å²) in [5, 5.41) is 4.67. The van der Waals surface area contributed by atoms with E-state index in [0.29, 0.717) is 48.0 Å². The van der Waals surface area contributed by atoms with E-state index in [-0.39, 0.29) is 41.4 Å². The van der Waals surface area contributed by atoms with Crippen LogP contribution in [0, 0.1) is 13.8 Å². The van der Waals surface area contributed by atoms with Gasteiger partial charge in [0.15, 0.2) is 5.76 Å². The molecule has 0 saturated carbocycles. The van der Waals surface area contributed by atoms with Gasteiger partial charge in [-0.3, -0.25) is 9.59 Å². The van der Waals surface area contributed by atoms with Gasteiger partial charge in [-0.2, -0.15) is 4.72 Å². The van der Waals surface area contributed by atoms with Crippen molar-refractivity contribution in [2.75, 3.05) is 26.2 Å². The minimum atomic E-state index is -3.91. The number of nitrogens with one attached hydrogen (secondary N) is 2. The number of carbonyl (C=O) groups excluding carboxylic acids is 2. The first-order valence-corrected chi connectivity index (χ1v) is 16.6. The normalized spacial score (nSPS) is 20.8. The van der Waals surface area contributed by atoms with E-state index in [1.807, 2.05) is 0 Å². The maximum atomic E-state index is 13.2. The van der Waals surface area contributed by atoms with Crippen molar-refractivity contribution < 1.29 is 30.9 Å². The number of sulfonamides is 2. The number of nitrogens with zero attached hydrogens (tertiary/aromatic N) is 3. The maximum Gasteiger partial charge on any atom is 0.246 e. The van der Waals surface area contributed by atoms with Gasteiger partial charge < -0.3 is 14.3 Å². The van der Waals surface area contributed by atoms with Gasteiger partial charge in [-0.25, -0.2) is 21.6 Å². The summed E-state index contributed by atoms with van der Waals surface area (Å²) in [6.07, 6.45) is 3.55. The van der Waals surface area contributed by atoms with Crippen molar-refractivity contribution in [2.24, 2.45) is 0 Å². The third kappa shape index (κ3) is 7.27. The van der Waals surface area contributed by atoms with Crippen molar-refractivity contribution in [1.82, 2.24) is 24.4 Å². The Labute approximate surface area is 236 Å². The Morgan fingerprint density at radius 2 is 1.95 bits per heavy atom. The lowest BCUT2D eigenvalue weighted by molar-refractivity contribution is -0.143. The molecule has 0 radical (unpaired) electrons. The van der Waals surface area contributed by atoms with E-state index in [9.17, 15) is 26.4 Å². The minimum absolute atomic E-state index is 0.0102. The predicted molar refractivity (Wildman–Crippen MR) is 146 cm³/mol. The Morgan fingerprint density at radius 1 is 1.21 bits per heavy atom. The van der Waals surface area contributed by atoms with E-state index in [1.54, 1.807) is 17.0 Å². The van der Waals surface area contributed by atoms with Gasteiger partial charge in [0.25, 0.3) is 0 Å². The van der Waals surface area contributed by atoms with Crippen LogP contribution in [0.1, 0.15) is 42.0 Å². The molecule has 2 aromatic heterocycles. The smallest absolute Gasteiger partial charge is 0.246 e. The molecule has 2 fully saturated rings. The van der Waals surface area contributed by atoms with Crippen LogP contribution in [0.15, 0.2) is 27.0 Å². The topological polar surface area (TPSA) is 159 Å². The van der Waals surface area contributed by atoms with Crippen LogP contribution in [-0.4, -0.2) is 81.9 Å². The number of aryl methyl sites for hydroxylation is 2. The number of piperidine rings is 1. The highest BCUT2D eigenvalue weighted by Crippen LogP contribution is 2.24. The van der Waals surface area contributed by atoms with Gasteiger partial charge in [-0.05, 0) is 57.7 Å². The van der Waals surface area contributed by atoms with Gasteiger partial charge in [0.2, 0.25) is 31.9 Å². The summed E-state index contributed by atoms with van der Waals surface area (Å²) in [5.41, 5.74) is 0.250. The summed E-state index contributed by atoms with van der Waals surface area (Å²) in [6, 6.07) is 1.98. The summed E-state index contributed by atoms with van der Waals surface area (Å²) in [4.78, 5) is 29.8. The minimum Gasteiger partial charge on any atom is -0.360 e. The van der Waals surface area contributed by atoms with E-state index in [2.05, 4.69) is 14.6 Å². The molecule has 2 N–H and O–H groups in total. The summed E-state index contributed by atoms with van der Waals surface area (Å²) < 4.78 is 61.1. The molecule has 2 aliphatic heterocycles. The first-order chi connectivity index (χ1) is 18.4. The van der Waals surface area contributed by atoms with E-state index in [0.717, 1.165) is 5.41 Å². The molecular formula is C23H30ClN5O7S3. The lowest BCUT2D eigenvalue weighted by atomic mass is 10.1. The quantitative estimate of drug-likeness (QED) is 0.408. The molecule has 0 bridgehead atoms. The first-order valence-electron chi connectivity index (χ1n) is 12.3. The molecule has 39 heavy (non-hydrogen) atoms. The molecule has 0 aliphatic carbocycles. The van der Waals surface area contributed by atoms with Gasteiger partial charge in [0, 0.05) is 36.0 Å². The third-order valence-corrected chi connectivity index (χ3v) is 10.6. The highest BCUT2D eigenvalue weighted by atomic mass is 35.5. The van der Waals surface area contributed by atoms with Gasteiger partial charge >= 0.3 is 0 Å². The number of halogens is 1. The van der Waals surface area contributed by atoms with Crippen molar-refractivity contribution in [1.29, 1.82) is 0 Å². The van der Waals surface area contributed by atoms with Crippen molar-refractivity contribution in [2.45, 2.75) is 56.5 Å². The van der Waals surface area contributed by atoms with Crippen LogP contribution >= 0.6 is 22.9 Å². The van der Waals surface area contributed by atoms with Crippen LogP contribution in [0.25, 0.3) is 6.08 Å². The number of hydrogen-bond acceptors (Lipinski definition) is 9. The molecule has 2 saturated heterocycles. The van der Waals surface area contributed by atoms with E-state index in [4.69, 9.17) is 16.1 Å². The molecule has 2 atom stereocenters. The molecule has 2 amide bonds. The molecule has 4 rings (SSSR count). The average molecular weight is 620 g/mol. The van der Waals surface area contributed by atoms with Crippen LogP contribution in [0.5, 0.6) is 0 Å². The largest absolute Gasteiger partial charge is 0.360 e. The number of thiophene rings is 1. The molecule has 0 spiro atoms. The Hall–Kier alpha value is -2.30. The summed E-state index contributed by atoms with van der Waals surface area (Å²) >= 11 is 7.09. The number of likely N-dealkylation sites (tertiary alicyclic amines) is 2. The number of carbonyl (C=O) groups is 2. The van der Waals surface area contributed by atoms with Crippen LogP contribution in [0.2, 0.25) is 4.34 Å². The predicted octanol–water partition coefficient (Wildman–Crippen LogP) is 1.86. The standard InChI is InChI=1S/C23H30ClN5O7S3/c1-15-22(16(2)36-26-15)39(34,35)25-13-17-5-3-11-29(17)21(30)14-28-10-4-6-19(23(28)31)27-38(32,33)12-9-18-7-8-20(24)37-18/h7-9,12,17,19,25,27H,3-6,10-11,13-14H2,1-2H3/b12-9+. The van der Waals surface area contributed by atoms with E-state index >= 15 is 0 Å². The Balaban J connectivity index is 1.34. The SMILES string of the molecule is Cc1noc(C)c1S(=O)(=O)NCC1CCCN1C(=O)CN1CCCC(NS(=O)(=O)/C=C/c2ccc(Cl)s2)C1=O. The van der Waals surface area contributed by atoms with Crippen molar-refractivity contribution in [3.8, 4) is 0 Å². The fourth-order valence-corrected chi connectivity index (χ4v) is 8.25. The average Bonchev–Trinajstić information content (AvgIpc) is 3.59. The van der Waals surface area contributed by atoms with Crippen molar-refractivity contribution in [3.63, 3.8) is 0 Å². The lowest BCUT2D eigenvalue weighted by Gasteiger charge is -2.34. The molecular weight excluding hydrogens is 590 g/mol. The maximum absolute atomic E-state index is 13.2. The van der Waals surface area contributed by atoms with Gasteiger partial charge in [-0.15, -0.1) is 11.3 Å². The number of hydrogen-bond donors (Lipinski definition) is 2. The second-order valence-electron chi connectivity index (χ2n) is 9.45. The molecule has 0 aromatic carbocycles. The Morgan fingerprint density at radius 3 is 2.62 bits per heavy atom. The molecule has 2 aromatic rings. The second kappa shape index (κ2) is 12.1. The molecule has 16 heteroatoms. The highest BCUT2D eigenvalue weighted by Gasteiger charge is 2.36. The summed E-state index contributed by atoms with van der Waals surface area (Å²) in [5.74, 6) is -0.611. The van der Waals surface area contributed by atoms with E-state index < -0.39 is 32.0 Å². The first kappa shape index (κ1) is 29.7. The van der Waals surface area contributed by atoms with Gasteiger partial charge in [0.05, 0.1) is 10.9 Å². The summed E-state index contributed by atoms with van der Waals surface area (Å²) in [7, 11) is -7.79. The van der Waals surface area contributed by atoms with Crippen molar-refractivity contribution in [3.05, 3.63) is 38.2 Å². The van der Waals surface area contributed by atoms with Gasteiger partial charge in [-0.1, -0.05) is 16.8 Å². The van der Waals surface area contributed by atoms with Crippen molar-refractivity contribution >= 4 is 60.9 Å². The zero-order valence-corrected chi connectivity index (χ0v) is 24.6. The van der Waals surface area contributed by atoms with Crippen LogP contribution in [-0.2, 0) is 29.6 Å². The number of aromatic nitrogens is 1. The van der Waals surface area contributed by atoms with Crippen LogP contribution < -0.4 is 9.44 Å². The zero-order chi connectivity index (χ0) is 28.4. The monoisotopic (exact) mass is 619 g/mol. The van der Waals surface area contributed by atoms with Crippen LogP contribution in [0.4, 0.5) is 0 Å². The fraction of sp³-hybridized carbons (Fsp3) is 0.522.